The molecule has 1 aliphatic rings. The Bertz CT molecular complexity index is 570. The Labute approximate surface area is 149 Å². The second-order valence-corrected chi connectivity index (χ2v) is 6.30. The van der Waals surface area contributed by atoms with Crippen molar-refractivity contribution in [2.45, 2.75) is 38.7 Å². The smallest absolute Gasteiger partial charge is 0.221 e. The van der Waals surface area contributed by atoms with Crippen LogP contribution in [0.5, 0.6) is 5.75 Å². The fraction of sp³-hybridized carbons (Fsp3) is 0.579. The van der Waals surface area contributed by atoms with Gasteiger partial charge in [-0.3, -0.25) is 9.59 Å². The standard InChI is InChI=1S/C19H28N2O4/c1-15(22)21(14-18-7-4-12-25-18)11-9-19(23)20-10-8-16-5-3-6-17(13-16)24-2/h3,5-6,13,18H,4,7-12,14H2,1-2H3,(H,20,23). The molecule has 1 atom stereocenters. The zero-order valence-electron chi connectivity index (χ0n) is 15.1. The summed E-state index contributed by atoms with van der Waals surface area (Å²) in [5.74, 6) is 0.760. The van der Waals surface area contributed by atoms with Gasteiger partial charge in [0, 0.05) is 39.6 Å². The Morgan fingerprint density at radius 2 is 2.24 bits per heavy atom. The maximum atomic E-state index is 12.0. The molecular weight excluding hydrogens is 320 g/mol. The van der Waals surface area contributed by atoms with Crippen molar-refractivity contribution in [3.8, 4) is 5.75 Å². The molecule has 0 aromatic heterocycles. The zero-order chi connectivity index (χ0) is 18.1. The molecule has 138 valence electrons. The van der Waals surface area contributed by atoms with Gasteiger partial charge >= 0.3 is 0 Å². The van der Waals surface area contributed by atoms with Crippen LogP contribution >= 0.6 is 0 Å². The molecule has 2 rings (SSSR count). The highest BCUT2D eigenvalue weighted by Gasteiger charge is 2.21. The molecule has 25 heavy (non-hydrogen) atoms. The van der Waals surface area contributed by atoms with Gasteiger partial charge in [-0.15, -0.1) is 0 Å². The number of benzene rings is 1. The summed E-state index contributed by atoms with van der Waals surface area (Å²) < 4.78 is 10.8. The normalized spacial score (nSPS) is 16.5. The highest BCUT2D eigenvalue weighted by molar-refractivity contribution is 5.78. The van der Waals surface area contributed by atoms with E-state index in [1.54, 1.807) is 12.0 Å². The molecule has 1 aliphatic heterocycles. The van der Waals surface area contributed by atoms with E-state index in [2.05, 4.69) is 5.32 Å². The lowest BCUT2D eigenvalue weighted by Crippen LogP contribution is -2.38. The average molecular weight is 348 g/mol. The van der Waals surface area contributed by atoms with Gasteiger partial charge in [0.1, 0.15) is 5.75 Å². The van der Waals surface area contributed by atoms with Gasteiger partial charge in [0.25, 0.3) is 0 Å². The lowest BCUT2D eigenvalue weighted by atomic mass is 10.1. The molecule has 6 nitrogen and oxygen atoms in total. The number of carbonyl (C=O) groups excluding carboxylic acids is 2. The van der Waals surface area contributed by atoms with E-state index in [1.165, 1.54) is 6.92 Å². The molecule has 1 heterocycles. The lowest BCUT2D eigenvalue weighted by molar-refractivity contribution is -0.131. The van der Waals surface area contributed by atoms with Gasteiger partial charge in [-0.05, 0) is 37.0 Å². The van der Waals surface area contributed by atoms with Gasteiger partial charge in [0.15, 0.2) is 0 Å². The topological polar surface area (TPSA) is 67.9 Å². The molecule has 0 spiro atoms. The minimum Gasteiger partial charge on any atom is -0.497 e. The number of rotatable bonds is 9. The van der Waals surface area contributed by atoms with Crippen molar-refractivity contribution in [3.63, 3.8) is 0 Å². The van der Waals surface area contributed by atoms with Crippen LogP contribution in [0.1, 0.15) is 31.7 Å². The number of methoxy groups -OCH3 is 1. The van der Waals surface area contributed by atoms with Gasteiger partial charge in [-0.2, -0.15) is 0 Å². The van der Waals surface area contributed by atoms with Gasteiger partial charge < -0.3 is 19.7 Å². The van der Waals surface area contributed by atoms with Crippen LogP contribution in [-0.2, 0) is 20.7 Å². The van der Waals surface area contributed by atoms with Gasteiger partial charge in [0.2, 0.25) is 11.8 Å². The van der Waals surface area contributed by atoms with E-state index in [1.807, 2.05) is 24.3 Å². The largest absolute Gasteiger partial charge is 0.497 e. The fourth-order valence-electron chi connectivity index (χ4n) is 2.91. The first-order valence-electron chi connectivity index (χ1n) is 8.85. The summed E-state index contributed by atoms with van der Waals surface area (Å²) in [5.41, 5.74) is 1.11. The van der Waals surface area contributed by atoms with Crippen LogP contribution in [0.4, 0.5) is 0 Å². The molecule has 1 aromatic rings. The highest BCUT2D eigenvalue weighted by atomic mass is 16.5. The quantitative estimate of drug-likeness (QED) is 0.739. The molecule has 1 unspecified atom stereocenters. The van der Waals surface area contributed by atoms with Gasteiger partial charge in [-0.1, -0.05) is 12.1 Å². The Morgan fingerprint density at radius 3 is 2.92 bits per heavy atom. The summed E-state index contributed by atoms with van der Waals surface area (Å²) >= 11 is 0. The predicted molar refractivity (Wildman–Crippen MR) is 95.6 cm³/mol. The van der Waals surface area contributed by atoms with E-state index in [9.17, 15) is 9.59 Å². The van der Waals surface area contributed by atoms with Gasteiger partial charge in [0.05, 0.1) is 13.2 Å². The first-order valence-corrected chi connectivity index (χ1v) is 8.85. The van der Waals surface area contributed by atoms with Crippen molar-refractivity contribution in [2.24, 2.45) is 0 Å². The van der Waals surface area contributed by atoms with E-state index in [4.69, 9.17) is 9.47 Å². The minimum atomic E-state index is -0.0403. The number of hydrogen-bond acceptors (Lipinski definition) is 4. The van der Waals surface area contributed by atoms with Crippen LogP contribution in [0.25, 0.3) is 0 Å². The van der Waals surface area contributed by atoms with Crippen LogP contribution in [0.3, 0.4) is 0 Å². The monoisotopic (exact) mass is 348 g/mol. The van der Waals surface area contributed by atoms with E-state index in [0.29, 0.717) is 26.1 Å². The van der Waals surface area contributed by atoms with Crippen molar-refractivity contribution in [1.82, 2.24) is 10.2 Å². The highest BCUT2D eigenvalue weighted by Crippen LogP contribution is 2.14. The summed E-state index contributed by atoms with van der Waals surface area (Å²) in [6, 6.07) is 7.80. The van der Waals surface area contributed by atoms with E-state index in [-0.39, 0.29) is 17.9 Å². The molecule has 1 N–H and O–H groups in total. The molecule has 0 aliphatic carbocycles. The third-order valence-corrected chi connectivity index (χ3v) is 4.37. The molecule has 1 fully saturated rings. The molecule has 0 saturated carbocycles. The van der Waals surface area contributed by atoms with Crippen LogP contribution < -0.4 is 10.1 Å². The molecule has 2 amide bonds. The number of amides is 2. The summed E-state index contributed by atoms with van der Waals surface area (Å²) in [6.45, 7) is 3.88. The third-order valence-electron chi connectivity index (χ3n) is 4.37. The summed E-state index contributed by atoms with van der Waals surface area (Å²) in [5, 5.41) is 2.91. The molecule has 1 saturated heterocycles. The van der Waals surface area contributed by atoms with E-state index >= 15 is 0 Å². The molecule has 0 bridgehead atoms. The lowest BCUT2D eigenvalue weighted by Gasteiger charge is -2.23. The Morgan fingerprint density at radius 1 is 1.40 bits per heavy atom. The van der Waals surface area contributed by atoms with E-state index in [0.717, 1.165) is 37.2 Å². The Hall–Kier alpha value is -2.08. The molecule has 1 aromatic carbocycles. The molecular formula is C19H28N2O4. The Kier molecular flexibility index (Phi) is 7.73. The van der Waals surface area contributed by atoms with Crippen molar-refractivity contribution >= 4 is 11.8 Å². The van der Waals surface area contributed by atoms with Crippen LogP contribution in [0, 0.1) is 0 Å². The van der Waals surface area contributed by atoms with Crippen LogP contribution in [0.2, 0.25) is 0 Å². The summed E-state index contributed by atoms with van der Waals surface area (Å²) in [4.78, 5) is 25.5. The van der Waals surface area contributed by atoms with E-state index < -0.39 is 0 Å². The first-order chi connectivity index (χ1) is 12.1. The van der Waals surface area contributed by atoms with Crippen LogP contribution in [-0.4, -0.2) is 56.2 Å². The predicted octanol–water partition coefficient (Wildman–Crippen LogP) is 1.77. The number of nitrogens with one attached hydrogen (secondary N) is 1. The average Bonchev–Trinajstić information content (AvgIpc) is 3.11. The SMILES string of the molecule is COc1cccc(CCNC(=O)CCN(CC2CCCO2)C(C)=O)c1. The zero-order valence-corrected chi connectivity index (χ0v) is 15.1. The summed E-state index contributed by atoms with van der Waals surface area (Å²) in [6.07, 6.45) is 3.19. The maximum absolute atomic E-state index is 12.0. The Balaban J connectivity index is 1.68. The van der Waals surface area contributed by atoms with Crippen molar-refractivity contribution < 1.29 is 19.1 Å². The third kappa shape index (κ3) is 6.74. The van der Waals surface area contributed by atoms with Crippen molar-refractivity contribution in [2.75, 3.05) is 33.4 Å². The number of hydrogen-bond donors (Lipinski definition) is 1. The molecule has 6 heteroatoms. The number of ether oxygens (including phenoxy) is 2. The number of nitrogens with zero attached hydrogens (tertiary/aromatic N) is 1. The first kappa shape index (κ1) is 19.2. The van der Waals surface area contributed by atoms with Gasteiger partial charge in [-0.25, -0.2) is 0 Å². The van der Waals surface area contributed by atoms with Crippen LogP contribution in [0.15, 0.2) is 24.3 Å². The fourth-order valence-corrected chi connectivity index (χ4v) is 2.91. The minimum absolute atomic E-state index is 0.0142. The second kappa shape index (κ2) is 10.0. The number of carbonyl (C=O) groups is 2. The van der Waals surface area contributed by atoms with Crippen molar-refractivity contribution in [3.05, 3.63) is 29.8 Å². The summed E-state index contributed by atoms with van der Waals surface area (Å²) in [7, 11) is 1.64. The second-order valence-electron chi connectivity index (χ2n) is 6.30. The van der Waals surface area contributed by atoms with Crippen molar-refractivity contribution in [1.29, 1.82) is 0 Å². The molecule has 0 radical (unpaired) electrons. The maximum Gasteiger partial charge on any atom is 0.221 e.